The first-order valence-electron chi connectivity index (χ1n) is 14.1. The number of hydrogen-bond donors (Lipinski definition) is 0. The summed E-state index contributed by atoms with van der Waals surface area (Å²) in [5, 5.41) is 11.1. The number of imidazole rings is 1. The molecule has 0 saturated heterocycles. The van der Waals surface area contributed by atoms with Crippen LogP contribution in [0.5, 0.6) is 0 Å². The van der Waals surface area contributed by atoms with Crippen LogP contribution in [-0.4, -0.2) is 50.7 Å². The zero-order chi connectivity index (χ0) is 27.7. The quantitative estimate of drug-likeness (QED) is 0.270. The van der Waals surface area contributed by atoms with Gasteiger partial charge in [-0.15, -0.1) is 11.8 Å². The van der Waals surface area contributed by atoms with Gasteiger partial charge in [-0.2, -0.15) is 5.26 Å². The minimum atomic E-state index is -0.458. The molecule has 0 N–H and O–H groups in total. The predicted octanol–water partition coefficient (Wildman–Crippen LogP) is 6.05. The fourth-order valence-electron chi connectivity index (χ4n) is 7.38. The van der Waals surface area contributed by atoms with Gasteiger partial charge in [0.05, 0.1) is 17.5 Å². The van der Waals surface area contributed by atoms with Gasteiger partial charge in [0.15, 0.2) is 5.82 Å². The van der Waals surface area contributed by atoms with Crippen molar-refractivity contribution in [1.82, 2.24) is 24.4 Å². The molecule has 2 bridgehead atoms. The van der Waals surface area contributed by atoms with E-state index >= 15 is 4.39 Å². The van der Waals surface area contributed by atoms with Crippen molar-refractivity contribution in [2.45, 2.75) is 61.9 Å². The molecule has 0 spiro atoms. The van der Waals surface area contributed by atoms with Crippen LogP contribution in [0.25, 0.3) is 33.2 Å². The number of nitrogens with zero attached hydrogens (tertiary/aromatic N) is 6. The van der Waals surface area contributed by atoms with Crippen molar-refractivity contribution < 1.29 is 9.18 Å². The number of halogens is 1. The Kier molecular flexibility index (Phi) is 6.08. The third-order valence-corrected chi connectivity index (χ3v) is 10.0. The smallest absolute Gasteiger partial charge is 0.222 e. The molecule has 40 heavy (non-hydrogen) atoms. The predicted molar refractivity (Wildman–Crippen MR) is 154 cm³/mol. The molecule has 3 unspecified atom stereocenters. The first-order valence-corrected chi connectivity index (χ1v) is 15.3. The van der Waals surface area contributed by atoms with Gasteiger partial charge in [-0.25, -0.2) is 14.4 Å². The number of fused-ring (bicyclic) bond motifs is 5. The Labute approximate surface area is 236 Å². The van der Waals surface area contributed by atoms with Crippen LogP contribution in [0.15, 0.2) is 29.4 Å². The van der Waals surface area contributed by atoms with Gasteiger partial charge < -0.3 is 9.47 Å². The number of aryl methyl sites for hydroxylation is 2. The van der Waals surface area contributed by atoms with Crippen molar-refractivity contribution in [2.75, 3.05) is 20.4 Å². The lowest BCUT2D eigenvalue weighted by molar-refractivity contribution is -0.128. The number of carbonyl (C=O) groups is 1. The van der Waals surface area contributed by atoms with E-state index < -0.39 is 5.82 Å². The molecule has 3 atom stereocenters. The molecule has 9 heteroatoms. The van der Waals surface area contributed by atoms with Crippen molar-refractivity contribution in [2.24, 2.45) is 11.8 Å². The van der Waals surface area contributed by atoms with Crippen LogP contribution in [-0.2, 0) is 17.6 Å². The second kappa shape index (κ2) is 9.55. The molecule has 1 amide bonds. The SMILES string of the molecule is CSc1nc2c(F)c(-c3cccc4c3C(C#N)CC4)ncc2c2c1nc(CCC(=O)N(C)C)n2C1C2CCC1C2. The molecule has 0 radical (unpaired) electrons. The fourth-order valence-corrected chi connectivity index (χ4v) is 7.89. The van der Waals surface area contributed by atoms with E-state index in [2.05, 4.69) is 10.6 Å². The van der Waals surface area contributed by atoms with Gasteiger partial charge in [0.2, 0.25) is 5.91 Å². The number of carbonyl (C=O) groups excluding carboxylic acids is 1. The monoisotopic (exact) mass is 554 g/mol. The molecular formula is C31H31FN6OS. The summed E-state index contributed by atoms with van der Waals surface area (Å²) in [6.45, 7) is 0. The summed E-state index contributed by atoms with van der Waals surface area (Å²) in [6, 6.07) is 8.53. The summed E-state index contributed by atoms with van der Waals surface area (Å²) in [6.07, 6.45) is 9.75. The van der Waals surface area contributed by atoms with Gasteiger partial charge >= 0.3 is 0 Å². The average molecular weight is 555 g/mol. The lowest BCUT2D eigenvalue weighted by atomic mass is 9.78. The number of benzene rings is 1. The Bertz CT molecular complexity index is 1730. The van der Waals surface area contributed by atoms with E-state index in [0.717, 1.165) is 40.8 Å². The lowest BCUT2D eigenvalue weighted by Crippen LogP contribution is -2.32. The molecule has 7 nitrogen and oxygen atoms in total. The fraction of sp³-hybridized carbons (Fsp3) is 0.452. The molecular weight excluding hydrogens is 523 g/mol. The average Bonchev–Trinajstić information content (AvgIpc) is 3.75. The Morgan fingerprint density at radius 1 is 1.20 bits per heavy atom. The van der Waals surface area contributed by atoms with E-state index in [4.69, 9.17) is 15.0 Å². The highest BCUT2D eigenvalue weighted by molar-refractivity contribution is 7.98. The normalized spacial score (nSPS) is 22.9. The number of thioether (sulfide) groups is 1. The summed E-state index contributed by atoms with van der Waals surface area (Å²) in [5.74, 6) is 1.38. The Balaban J connectivity index is 1.45. The number of hydrogen-bond acceptors (Lipinski definition) is 6. The molecule has 8 rings (SSSR count). The van der Waals surface area contributed by atoms with Crippen LogP contribution in [0, 0.1) is 29.0 Å². The third kappa shape index (κ3) is 3.68. The maximum atomic E-state index is 16.5. The molecule has 204 valence electrons. The van der Waals surface area contributed by atoms with Gasteiger partial charge in [-0.05, 0) is 61.3 Å². The highest BCUT2D eigenvalue weighted by Crippen LogP contribution is 2.58. The zero-order valence-electron chi connectivity index (χ0n) is 22.9. The van der Waals surface area contributed by atoms with Crippen LogP contribution in [0.4, 0.5) is 4.39 Å². The van der Waals surface area contributed by atoms with E-state index in [0.29, 0.717) is 46.7 Å². The second-order valence-corrected chi connectivity index (χ2v) is 12.4. The molecule has 3 saturated carbocycles. The lowest BCUT2D eigenvalue weighted by Gasteiger charge is -2.38. The van der Waals surface area contributed by atoms with Crippen molar-refractivity contribution >= 4 is 39.6 Å². The number of nitriles is 1. The molecule has 3 fully saturated rings. The number of aromatic nitrogens is 4. The molecule has 4 aromatic rings. The van der Waals surface area contributed by atoms with Crippen molar-refractivity contribution in [3.05, 3.63) is 47.2 Å². The highest BCUT2D eigenvalue weighted by atomic mass is 32.2. The van der Waals surface area contributed by atoms with E-state index in [1.54, 1.807) is 25.2 Å². The summed E-state index contributed by atoms with van der Waals surface area (Å²) in [5.41, 5.74) is 4.85. The zero-order valence-corrected chi connectivity index (χ0v) is 23.8. The van der Waals surface area contributed by atoms with Gasteiger partial charge in [0.25, 0.3) is 0 Å². The molecule has 4 aliphatic rings. The standard InChI is InChI=1S/C31H31FN6OS/c1-37(2)23(39)12-11-22-35-28-30(38(22)29-17-8-9-18(29)13-17)21-15-34-26(25(32)27(21)36-31(28)40-3)20-6-4-5-16-7-10-19(14-33)24(16)20/h4-6,15,17-19,29H,7-13H2,1-3H3. The van der Waals surface area contributed by atoms with Crippen LogP contribution >= 0.6 is 11.8 Å². The van der Waals surface area contributed by atoms with Gasteiger partial charge in [-0.1, -0.05) is 18.2 Å². The Hall–Kier alpha value is -3.51. The van der Waals surface area contributed by atoms with Gasteiger partial charge in [-0.3, -0.25) is 9.78 Å². The number of pyridine rings is 2. The van der Waals surface area contributed by atoms with Crippen molar-refractivity contribution in [3.8, 4) is 17.3 Å². The van der Waals surface area contributed by atoms with E-state index in [-0.39, 0.29) is 23.0 Å². The van der Waals surface area contributed by atoms with E-state index in [1.165, 1.54) is 31.0 Å². The molecule has 0 aliphatic heterocycles. The van der Waals surface area contributed by atoms with Crippen LogP contribution in [0.2, 0.25) is 0 Å². The summed E-state index contributed by atoms with van der Waals surface area (Å²) < 4.78 is 18.9. The highest BCUT2D eigenvalue weighted by Gasteiger charge is 2.49. The maximum Gasteiger partial charge on any atom is 0.222 e. The summed E-state index contributed by atoms with van der Waals surface area (Å²) in [4.78, 5) is 28.7. The summed E-state index contributed by atoms with van der Waals surface area (Å²) in [7, 11) is 3.54. The summed E-state index contributed by atoms with van der Waals surface area (Å²) >= 11 is 1.46. The van der Waals surface area contributed by atoms with E-state index in [9.17, 15) is 10.1 Å². The topological polar surface area (TPSA) is 87.7 Å². The third-order valence-electron chi connectivity index (χ3n) is 9.34. The van der Waals surface area contributed by atoms with Crippen LogP contribution < -0.4 is 0 Å². The maximum absolute atomic E-state index is 16.5. The first kappa shape index (κ1) is 25.5. The first-order chi connectivity index (χ1) is 19.4. The Morgan fingerprint density at radius 3 is 2.70 bits per heavy atom. The molecule has 4 aliphatic carbocycles. The Morgan fingerprint density at radius 2 is 2.00 bits per heavy atom. The molecule has 3 aromatic heterocycles. The van der Waals surface area contributed by atoms with Gasteiger partial charge in [0.1, 0.15) is 27.6 Å². The molecule has 3 heterocycles. The molecule has 1 aromatic carbocycles. The second-order valence-electron chi connectivity index (χ2n) is 11.6. The van der Waals surface area contributed by atoms with E-state index in [1.807, 2.05) is 24.5 Å². The van der Waals surface area contributed by atoms with Gasteiger partial charge in [0, 0.05) is 50.1 Å². The minimum Gasteiger partial charge on any atom is -0.349 e. The van der Waals surface area contributed by atoms with Crippen LogP contribution in [0.3, 0.4) is 0 Å². The number of rotatable bonds is 6. The van der Waals surface area contributed by atoms with Crippen molar-refractivity contribution in [3.63, 3.8) is 0 Å². The number of amides is 1. The largest absolute Gasteiger partial charge is 0.349 e. The van der Waals surface area contributed by atoms with Crippen molar-refractivity contribution in [1.29, 1.82) is 5.26 Å². The van der Waals surface area contributed by atoms with Crippen LogP contribution in [0.1, 0.15) is 61.0 Å². The minimum absolute atomic E-state index is 0.0617.